The van der Waals surface area contributed by atoms with Crippen molar-refractivity contribution in [1.82, 2.24) is 4.57 Å². The van der Waals surface area contributed by atoms with Crippen LogP contribution >= 0.6 is 0 Å². The third kappa shape index (κ3) is 6.04. The van der Waals surface area contributed by atoms with Crippen LogP contribution in [0.3, 0.4) is 0 Å². The fraction of sp³-hybridized carbons (Fsp3) is 0.300. The minimum absolute atomic E-state index is 0.188. The summed E-state index contributed by atoms with van der Waals surface area (Å²) >= 11 is 0. The predicted molar refractivity (Wildman–Crippen MR) is 152 cm³/mol. The number of hydrogen-bond acceptors (Lipinski definition) is 5. The Kier molecular flexibility index (Phi) is 8.13. The number of fused-ring (bicyclic) bond motifs is 1. The number of halogens is 3. The fourth-order valence-electron chi connectivity index (χ4n) is 4.65. The van der Waals surface area contributed by atoms with Gasteiger partial charge in [0.15, 0.2) is 0 Å². The summed E-state index contributed by atoms with van der Waals surface area (Å²) in [5.74, 6) is -0.931. The molecule has 0 aliphatic heterocycles. The minimum atomic E-state index is -6.14. The lowest BCUT2D eigenvalue weighted by molar-refractivity contribution is -0.156. The van der Waals surface area contributed by atoms with Gasteiger partial charge in [0.2, 0.25) is 0 Å². The summed E-state index contributed by atoms with van der Waals surface area (Å²) in [4.78, 5) is 13.7. The number of nitrogens with zero attached hydrogens (tertiary/aromatic N) is 2. The molecule has 4 rings (SSSR count). The Morgan fingerprint density at radius 3 is 2.07 bits per heavy atom. The van der Waals surface area contributed by atoms with Crippen LogP contribution in [0.15, 0.2) is 78.9 Å². The third-order valence-electron chi connectivity index (χ3n) is 6.42. The van der Waals surface area contributed by atoms with Crippen molar-refractivity contribution in [1.29, 1.82) is 0 Å². The zero-order chi connectivity index (χ0) is 30.2. The van der Waals surface area contributed by atoms with Crippen molar-refractivity contribution in [3.05, 3.63) is 90.0 Å². The zero-order valence-electron chi connectivity index (χ0n) is 23.3. The van der Waals surface area contributed by atoms with E-state index in [4.69, 9.17) is 9.47 Å². The van der Waals surface area contributed by atoms with Crippen molar-refractivity contribution >= 4 is 32.7 Å². The van der Waals surface area contributed by atoms with Crippen molar-refractivity contribution in [2.45, 2.75) is 51.3 Å². The maximum absolute atomic E-state index is 14.5. The number of rotatable bonds is 8. The Bertz CT molecular complexity index is 1640. The second-order valence-corrected chi connectivity index (χ2v) is 12.3. The lowest BCUT2D eigenvalue weighted by Crippen LogP contribution is -2.53. The van der Waals surface area contributed by atoms with Gasteiger partial charge in [-0.15, -0.1) is 0 Å². The zero-order valence-corrected chi connectivity index (χ0v) is 24.1. The van der Waals surface area contributed by atoms with Gasteiger partial charge in [-0.1, -0.05) is 48.5 Å². The van der Waals surface area contributed by atoms with Gasteiger partial charge in [0.05, 0.1) is 12.6 Å². The number of aromatic nitrogens is 1. The first kappa shape index (κ1) is 30.0. The molecule has 0 radical (unpaired) electrons. The number of anilines is 1. The van der Waals surface area contributed by atoms with Gasteiger partial charge in [0.25, 0.3) is 0 Å². The molecule has 0 bridgehead atoms. The van der Waals surface area contributed by atoms with Gasteiger partial charge < -0.3 is 9.47 Å². The average Bonchev–Trinajstić information content (AvgIpc) is 3.19. The van der Waals surface area contributed by atoms with E-state index < -0.39 is 33.1 Å². The number of sulfonamides is 1. The number of aryl methyl sites for hydroxylation is 1. The highest BCUT2D eigenvalue weighted by Gasteiger charge is 2.55. The summed E-state index contributed by atoms with van der Waals surface area (Å²) in [6.07, 6.45) is -0.366. The van der Waals surface area contributed by atoms with Crippen LogP contribution in [0.4, 0.5) is 19.0 Å². The molecule has 1 atom stereocenters. The highest BCUT2D eigenvalue weighted by Crippen LogP contribution is 2.42. The van der Waals surface area contributed by atoms with Gasteiger partial charge >= 0.3 is 21.5 Å². The number of esters is 1. The first-order chi connectivity index (χ1) is 19.2. The van der Waals surface area contributed by atoms with Crippen LogP contribution in [-0.4, -0.2) is 43.2 Å². The fourth-order valence-corrected chi connectivity index (χ4v) is 5.82. The normalized spacial score (nSPS) is 13.2. The number of carbonyl (C=O) groups excluding carboxylic acids is 1. The number of para-hydroxylation sites is 1. The molecule has 0 unspecified atom stereocenters. The van der Waals surface area contributed by atoms with Crippen molar-refractivity contribution in [3.8, 4) is 11.4 Å². The van der Waals surface area contributed by atoms with E-state index in [0.29, 0.717) is 27.9 Å². The molecular formula is C30H31F3N2O5S. The largest absolute Gasteiger partial charge is 0.516 e. The van der Waals surface area contributed by atoms with Crippen LogP contribution in [0.1, 0.15) is 31.9 Å². The Morgan fingerprint density at radius 2 is 1.51 bits per heavy atom. The van der Waals surface area contributed by atoms with E-state index in [1.54, 1.807) is 99.6 Å². The van der Waals surface area contributed by atoms with Gasteiger partial charge in [-0.25, -0.2) is 9.10 Å². The number of methoxy groups -OCH3 is 1. The highest BCUT2D eigenvalue weighted by molar-refractivity contribution is 7.93. The summed E-state index contributed by atoms with van der Waals surface area (Å²) in [5, 5.41) is 0.517. The molecule has 1 aromatic heterocycles. The van der Waals surface area contributed by atoms with Gasteiger partial charge in [-0.3, -0.25) is 4.57 Å². The summed E-state index contributed by atoms with van der Waals surface area (Å²) in [5.41, 5.74) is -5.30. The van der Waals surface area contributed by atoms with Crippen molar-refractivity contribution < 1.29 is 35.9 Å². The van der Waals surface area contributed by atoms with Crippen molar-refractivity contribution in [3.63, 3.8) is 0 Å². The third-order valence-corrected chi connectivity index (χ3v) is 7.95. The summed E-state index contributed by atoms with van der Waals surface area (Å²) in [6, 6.07) is 19.6. The molecule has 0 aliphatic rings. The molecule has 218 valence electrons. The smallest absolute Gasteiger partial charge is 0.497 e. The standard InChI is InChI=1S/C30H31F3N2O5S/c1-20-24-13-9-10-14-25(24)34(22-15-17-23(39-5)18-16-22)27(20)35(41(37,38)30(31,32)33)26(28(36)40-29(2,3)4)19-21-11-7-6-8-12-21/h6-18,26H,19H2,1-5H3/t26-/m0/s1. The SMILES string of the molecule is COc1ccc(-n2c(N([C@@H](Cc3ccccc3)C(=O)OC(C)(C)C)S(=O)(=O)C(F)(F)F)c(C)c3ccccc32)cc1. The van der Waals surface area contributed by atoms with E-state index in [2.05, 4.69) is 0 Å². The number of hydrogen-bond donors (Lipinski definition) is 0. The van der Waals surface area contributed by atoms with Crippen LogP contribution in [0.25, 0.3) is 16.6 Å². The van der Waals surface area contributed by atoms with Gasteiger partial charge in [-0.2, -0.15) is 21.6 Å². The topological polar surface area (TPSA) is 77.8 Å². The van der Waals surface area contributed by atoms with Crippen LogP contribution < -0.4 is 9.04 Å². The van der Waals surface area contributed by atoms with E-state index in [-0.39, 0.29) is 22.1 Å². The maximum atomic E-state index is 14.5. The Morgan fingerprint density at radius 1 is 0.927 bits per heavy atom. The van der Waals surface area contributed by atoms with Crippen LogP contribution in [-0.2, 0) is 26.0 Å². The van der Waals surface area contributed by atoms with Crippen LogP contribution in [0.5, 0.6) is 5.75 Å². The maximum Gasteiger partial charge on any atom is 0.516 e. The molecule has 0 N–H and O–H groups in total. The Labute approximate surface area is 237 Å². The predicted octanol–water partition coefficient (Wildman–Crippen LogP) is 6.56. The Balaban J connectivity index is 2.10. The van der Waals surface area contributed by atoms with Crippen LogP contribution in [0.2, 0.25) is 0 Å². The summed E-state index contributed by atoms with van der Waals surface area (Å²) < 4.78 is 82.9. The number of ether oxygens (including phenoxy) is 2. The van der Waals surface area contributed by atoms with Crippen molar-refractivity contribution in [2.75, 3.05) is 11.4 Å². The Hall–Kier alpha value is -3.99. The molecule has 7 nitrogen and oxygen atoms in total. The number of alkyl halides is 3. The highest BCUT2D eigenvalue weighted by atomic mass is 32.2. The molecule has 0 saturated carbocycles. The van der Waals surface area contributed by atoms with E-state index in [1.807, 2.05) is 0 Å². The first-order valence-corrected chi connectivity index (χ1v) is 14.2. The molecule has 4 aromatic rings. The molecule has 0 saturated heterocycles. The molecule has 41 heavy (non-hydrogen) atoms. The van der Waals surface area contributed by atoms with Gasteiger partial charge in [-0.05, 0) is 63.6 Å². The van der Waals surface area contributed by atoms with E-state index in [1.165, 1.54) is 18.6 Å². The van der Waals surface area contributed by atoms with E-state index in [0.717, 1.165) is 0 Å². The number of carbonyl (C=O) groups is 1. The molecule has 0 aliphatic carbocycles. The summed E-state index contributed by atoms with van der Waals surface area (Å²) in [6.45, 7) is 6.22. The lowest BCUT2D eigenvalue weighted by Gasteiger charge is -2.34. The van der Waals surface area contributed by atoms with E-state index in [9.17, 15) is 26.4 Å². The molecule has 1 heterocycles. The van der Waals surface area contributed by atoms with E-state index >= 15 is 0 Å². The molecule has 0 amide bonds. The monoisotopic (exact) mass is 588 g/mol. The average molecular weight is 589 g/mol. The lowest BCUT2D eigenvalue weighted by atomic mass is 10.0. The molecule has 0 fully saturated rings. The number of benzene rings is 3. The van der Waals surface area contributed by atoms with Gasteiger partial charge in [0, 0.05) is 23.1 Å². The van der Waals surface area contributed by atoms with Gasteiger partial charge in [0.1, 0.15) is 23.2 Å². The first-order valence-electron chi connectivity index (χ1n) is 12.8. The molecule has 0 spiro atoms. The second kappa shape index (κ2) is 11.1. The molecule has 11 heteroatoms. The summed E-state index contributed by atoms with van der Waals surface area (Å²) in [7, 11) is -4.66. The molecule has 3 aromatic carbocycles. The quantitative estimate of drug-likeness (QED) is 0.218. The minimum Gasteiger partial charge on any atom is -0.497 e. The second-order valence-electron chi connectivity index (χ2n) is 10.5. The molecular weight excluding hydrogens is 557 g/mol. The van der Waals surface area contributed by atoms with Crippen molar-refractivity contribution in [2.24, 2.45) is 0 Å². The van der Waals surface area contributed by atoms with Crippen LogP contribution in [0, 0.1) is 6.92 Å².